The standard InChI is InChI=1S/C13H18O5/c1-9-4-6-18-13(5-3-11(14)16-2)8-17-12(15)10(13)7-9/h10H,1,3-8H2,2H3/t10-,13+/m0/s1. The van der Waals surface area contributed by atoms with E-state index in [1.165, 1.54) is 7.11 Å². The summed E-state index contributed by atoms with van der Waals surface area (Å²) in [6, 6.07) is 0. The van der Waals surface area contributed by atoms with Crippen LogP contribution in [0.3, 0.4) is 0 Å². The van der Waals surface area contributed by atoms with E-state index < -0.39 is 5.60 Å². The summed E-state index contributed by atoms with van der Waals surface area (Å²) in [4.78, 5) is 23.0. The molecule has 0 bridgehead atoms. The molecule has 0 aromatic carbocycles. The van der Waals surface area contributed by atoms with Crippen LogP contribution in [0.25, 0.3) is 0 Å². The summed E-state index contributed by atoms with van der Waals surface area (Å²) in [6.45, 7) is 4.68. The van der Waals surface area contributed by atoms with Gasteiger partial charge in [0.2, 0.25) is 0 Å². The lowest BCUT2D eigenvalue weighted by Crippen LogP contribution is -2.41. The van der Waals surface area contributed by atoms with Gasteiger partial charge < -0.3 is 14.2 Å². The van der Waals surface area contributed by atoms with Crippen LogP contribution < -0.4 is 0 Å². The van der Waals surface area contributed by atoms with E-state index in [0.29, 0.717) is 19.4 Å². The van der Waals surface area contributed by atoms with Gasteiger partial charge in [0.25, 0.3) is 0 Å². The topological polar surface area (TPSA) is 61.8 Å². The zero-order valence-corrected chi connectivity index (χ0v) is 10.6. The third kappa shape index (κ3) is 2.41. The first-order valence-corrected chi connectivity index (χ1v) is 6.11. The molecule has 0 spiro atoms. The predicted octanol–water partition coefficient (Wildman–Crippen LogP) is 1.22. The number of hydrogen-bond donors (Lipinski definition) is 0. The largest absolute Gasteiger partial charge is 0.469 e. The van der Waals surface area contributed by atoms with Gasteiger partial charge in [-0.25, -0.2) is 0 Å². The monoisotopic (exact) mass is 254 g/mol. The molecule has 2 heterocycles. The van der Waals surface area contributed by atoms with E-state index in [1.54, 1.807) is 0 Å². The number of esters is 2. The minimum atomic E-state index is -0.676. The number of fused-ring (bicyclic) bond motifs is 1. The summed E-state index contributed by atoms with van der Waals surface area (Å²) in [5.74, 6) is -0.880. The summed E-state index contributed by atoms with van der Waals surface area (Å²) >= 11 is 0. The van der Waals surface area contributed by atoms with Gasteiger partial charge in [-0.3, -0.25) is 9.59 Å². The lowest BCUT2D eigenvalue weighted by Gasteiger charge is -2.29. The van der Waals surface area contributed by atoms with E-state index >= 15 is 0 Å². The molecule has 18 heavy (non-hydrogen) atoms. The van der Waals surface area contributed by atoms with Crippen LogP contribution in [0, 0.1) is 5.92 Å². The fourth-order valence-electron chi connectivity index (χ4n) is 2.54. The van der Waals surface area contributed by atoms with Gasteiger partial charge in [-0.05, 0) is 19.3 Å². The van der Waals surface area contributed by atoms with Gasteiger partial charge in [0.05, 0.1) is 19.6 Å². The first-order valence-electron chi connectivity index (χ1n) is 6.11. The van der Waals surface area contributed by atoms with Crippen LogP contribution in [-0.2, 0) is 23.8 Å². The Morgan fingerprint density at radius 2 is 2.39 bits per heavy atom. The second-order valence-electron chi connectivity index (χ2n) is 4.85. The number of ether oxygens (including phenoxy) is 3. The summed E-state index contributed by atoms with van der Waals surface area (Å²) in [7, 11) is 1.35. The summed E-state index contributed by atoms with van der Waals surface area (Å²) < 4.78 is 15.6. The lowest BCUT2D eigenvalue weighted by atomic mass is 9.82. The third-order valence-electron chi connectivity index (χ3n) is 3.70. The predicted molar refractivity (Wildman–Crippen MR) is 62.8 cm³/mol. The average molecular weight is 254 g/mol. The van der Waals surface area contributed by atoms with Crippen LogP contribution in [0.4, 0.5) is 0 Å². The molecule has 0 N–H and O–H groups in total. The molecule has 5 nitrogen and oxygen atoms in total. The summed E-state index contributed by atoms with van der Waals surface area (Å²) in [6.07, 6.45) is 2.02. The minimum absolute atomic E-state index is 0.223. The third-order valence-corrected chi connectivity index (χ3v) is 3.70. The Balaban J connectivity index is 2.13. The first-order chi connectivity index (χ1) is 8.57. The molecular weight excluding hydrogens is 236 g/mol. The van der Waals surface area contributed by atoms with Crippen LogP contribution in [0.2, 0.25) is 0 Å². The highest BCUT2D eigenvalue weighted by Gasteiger charge is 2.52. The number of carbonyl (C=O) groups excluding carboxylic acids is 2. The number of methoxy groups -OCH3 is 1. The van der Waals surface area contributed by atoms with Crippen molar-refractivity contribution in [3.05, 3.63) is 12.2 Å². The van der Waals surface area contributed by atoms with Gasteiger partial charge in [0.15, 0.2) is 0 Å². The molecule has 0 aromatic rings. The Bertz CT molecular complexity index is 376. The Hall–Kier alpha value is -1.36. The van der Waals surface area contributed by atoms with Crippen molar-refractivity contribution >= 4 is 11.9 Å². The first kappa shape index (κ1) is 13.1. The average Bonchev–Trinajstić information content (AvgIpc) is 2.57. The van der Waals surface area contributed by atoms with Gasteiger partial charge in [-0.1, -0.05) is 12.2 Å². The molecule has 0 aliphatic carbocycles. The molecule has 2 rings (SSSR count). The van der Waals surface area contributed by atoms with E-state index in [0.717, 1.165) is 12.0 Å². The molecular formula is C13H18O5. The molecule has 2 saturated heterocycles. The van der Waals surface area contributed by atoms with Crippen LogP contribution >= 0.6 is 0 Å². The smallest absolute Gasteiger partial charge is 0.312 e. The highest BCUT2D eigenvalue weighted by molar-refractivity contribution is 5.77. The van der Waals surface area contributed by atoms with Crippen molar-refractivity contribution < 1.29 is 23.8 Å². The maximum Gasteiger partial charge on any atom is 0.312 e. The molecule has 0 amide bonds. The van der Waals surface area contributed by atoms with E-state index in [-0.39, 0.29) is 30.9 Å². The van der Waals surface area contributed by atoms with Gasteiger partial charge in [0.1, 0.15) is 12.2 Å². The minimum Gasteiger partial charge on any atom is -0.469 e. The van der Waals surface area contributed by atoms with Crippen molar-refractivity contribution in [3.8, 4) is 0 Å². The van der Waals surface area contributed by atoms with E-state index in [4.69, 9.17) is 9.47 Å². The van der Waals surface area contributed by atoms with Gasteiger partial charge >= 0.3 is 11.9 Å². The Labute approximate surface area is 106 Å². The van der Waals surface area contributed by atoms with Crippen molar-refractivity contribution in [3.63, 3.8) is 0 Å². The van der Waals surface area contributed by atoms with Crippen LogP contribution in [-0.4, -0.2) is 37.9 Å². The Kier molecular flexibility index (Phi) is 3.71. The molecule has 0 aromatic heterocycles. The molecule has 5 heteroatoms. The van der Waals surface area contributed by atoms with Gasteiger partial charge in [0, 0.05) is 6.42 Å². The van der Waals surface area contributed by atoms with Crippen molar-refractivity contribution in [1.82, 2.24) is 0 Å². The van der Waals surface area contributed by atoms with Crippen molar-refractivity contribution in [2.75, 3.05) is 20.3 Å². The SMILES string of the molecule is C=C1CCO[C@]2(CCC(=O)OC)COC(=O)[C@@H]2C1. The maximum atomic E-state index is 11.8. The molecule has 0 saturated carbocycles. The van der Waals surface area contributed by atoms with Crippen LogP contribution in [0.1, 0.15) is 25.7 Å². The van der Waals surface area contributed by atoms with Crippen molar-refractivity contribution in [1.29, 1.82) is 0 Å². The second kappa shape index (κ2) is 5.10. The van der Waals surface area contributed by atoms with E-state index in [2.05, 4.69) is 11.3 Å². The highest BCUT2D eigenvalue weighted by Crippen LogP contribution is 2.41. The lowest BCUT2D eigenvalue weighted by molar-refractivity contribution is -0.144. The molecule has 2 aliphatic heterocycles. The Morgan fingerprint density at radius 1 is 1.61 bits per heavy atom. The summed E-state index contributed by atoms with van der Waals surface area (Å²) in [5, 5.41) is 0. The Morgan fingerprint density at radius 3 is 3.11 bits per heavy atom. The molecule has 2 atom stereocenters. The normalized spacial score (nSPS) is 31.5. The number of carbonyl (C=O) groups is 2. The number of cyclic esters (lactones) is 1. The van der Waals surface area contributed by atoms with Crippen molar-refractivity contribution in [2.45, 2.75) is 31.3 Å². The van der Waals surface area contributed by atoms with Crippen LogP contribution in [0.5, 0.6) is 0 Å². The fraction of sp³-hybridized carbons (Fsp3) is 0.692. The highest BCUT2D eigenvalue weighted by atomic mass is 16.6. The fourth-order valence-corrected chi connectivity index (χ4v) is 2.54. The maximum absolute atomic E-state index is 11.8. The molecule has 0 unspecified atom stereocenters. The molecule has 2 aliphatic rings. The quantitative estimate of drug-likeness (QED) is 0.559. The van der Waals surface area contributed by atoms with Crippen LogP contribution in [0.15, 0.2) is 12.2 Å². The zero-order chi connectivity index (χ0) is 13.2. The molecule has 0 radical (unpaired) electrons. The van der Waals surface area contributed by atoms with E-state index in [1.807, 2.05) is 0 Å². The van der Waals surface area contributed by atoms with Crippen molar-refractivity contribution in [2.24, 2.45) is 5.92 Å². The number of rotatable bonds is 3. The zero-order valence-electron chi connectivity index (χ0n) is 10.6. The molecule has 2 fully saturated rings. The van der Waals surface area contributed by atoms with Gasteiger partial charge in [-0.2, -0.15) is 0 Å². The molecule has 100 valence electrons. The second-order valence-corrected chi connectivity index (χ2v) is 4.85. The number of hydrogen-bond acceptors (Lipinski definition) is 5. The van der Waals surface area contributed by atoms with Gasteiger partial charge in [-0.15, -0.1) is 0 Å². The van der Waals surface area contributed by atoms with E-state index in [9.17, 15) is 9.59 Å². The summed E-state index contributed by atoms with van der Waals surface area (Å²) in [5.41, 5.74) is 0.323.